The highest BCUT2D eigenvalue weighted by atomic mass is 15.1. The van der Waals surface area contributed by atoms with Crippen LogP contribution in [-0.2, 0) is 6.54 Å². The number of aromatic nitrogens is 1. The molecule has 0 aliphatic carbocycles. The fourth-order valence-corrected chi connectivity index (χ4v) is 2.90. The van der Waals surface area contributed by atoms with Gasteiger partial charge in [-0.25, -0.2) is 0 Å². The molecule has 1 fully saturated rings. The molecular formula is C16H27N3. The molecule has 19 heavy (non-hydrogen) atoms. The van der Waals surface area contributed by atoms with Crippen molar-refractivity contribution in [1.29, 1.82) is 0 Å². The van der Waals surface area contributed by atoms with Crippen LogP contribution in [0.15, 0.2) is 18.2 Å². The minimum absolute atomic E-state index is 0.859. The molecule has 0 radical (unpaired) electrons. The van der Waals surface area contributed by atoms with Crippen molar-refractivity contribution >= 4 is 0 Å². The first-order valence-electron chi connectivity index (χ1n) is 7.63. The van der Waals surface area contributed by atoms with E-state index in [9.17, 15) is 0 Å². The smallest absolute Gasteiger partial charge is 0.0547 e. The van der Waals surface area contributed by atoms with Crippen LogP contribution < -0.4 is 5.32 Å². The van der Waals surface area contributed by atoms with Gasteiger partial charge in [0.2, 0.25) is 0 Å². The summed E-state index contributed by atoms with van der Waals surface area (Å²) in [4.78, 5) is 7.22. The summed E-state index contributed by atoms with van der Waals surface area (Å²) in [5.41, 5.74) is 2.33. The fourth-order valence-electron chi connectivity index (χ4n) is 2.90. The average Bonchev–Trinajstić information content (AvgIpc) is 2.40. The molecule has 3 heteroatoms. The highest BCUT2D eigenvalue weighted by Gasteiger charge is 2.17. The Morgan fingerprint density at radius 2 is 2.11 bits per heavy atom. The average molecular weight is 261 g/mol. The third-order valence-electron chi connectivity index (χ3n) is 3.85. The Morgan fingerprint density at radius 1 is 1.32 bits per heavy atom. The van der Waals surface area contributed by atoms with Crippen LogP contribution in [0.25, 0.3) is 0 Å². The molecule has 0 aromatic carbocycles. The number of nitrogens with one attached hydrogen (secondary N) is 1. The second kappa shape index (κ2) is 7.61. The van der Waals surface area contributed by atoms with Crippen LogP contribution in [0.2, 0.25) is 0 Å². The number of hydrogen-bond donors (Lipinski definition) is 1. The molecule has 1 aromatic rings. The number of aryl methyl sites for hydroxylation is 1. The summed E-state index contributed by atoms with van der Waals surface area (Å²) in [5.74, 6) is 0.859. The van der Waals surface area contributed by atoms with Gasteiger partial charge in [-0.3, -0.25) is 9.88 Å². The molecule has 0 saturated carbocycles. The van der Waals surface area contributed by atoms with Crippen molar-refractivity contribution in [2.24, 2.45) is 5.92 Å². The molecule has 1 aromatic heterocycles. The van der Waals surface area contributed by atoms with Crippen LogP contribution in [0.3, 0.4) is 0 Å². The number of piperidine rings is 1. The van der Waals surface area contributed by atoms with E-state index in [1.807, 2.05) is 0 Å². The summed E-state index contributed by atoms with van der Waals surface area (Å²) in [7, 11) is 0. The van der Waals surface area contributed by atoms with E-state index in [0.29, 0.717) is 0 Å². The standard InChI is InChI=1S/C16H27N3/c1-3-11-19(12-15-7-9-17-10-8-15)13-16-6-4-5-14(2)18-16/h4-6,15,17H,3,7-13H2,1-2H3. The van der Waals surface area contributed by atoms with Crippen molar-refractivity contribution < 1.29 is 0 Å². The highest BCUT2D eigenvalue weighted by Crippen LogP contribution is 2.15. The number of nitrogens with zero attached hydrogens (tertiary/aromatic N) is 2. The molecule has 1 aliphatic heterocycles. The maximum absolute atomic E-state index is 4.63. The van der Waals surface area contributed by atoms with Gasteiger partial charge >= 0.3 is 0 Å². The summed E-state index contributed by atoms with van der Waals surface area (Å²) < 4.78 is 0. The number of pyridine rings is 1. The van der Waals surface area contributed by atoms with E-state index in [4.69, 9.17) is 0 Å². The van der Waals surface area contributed by atoms with E-state index in [1.54, 1.807) is 0 Å². The van der Waals surface area contributed by atoms with E-state index in [-0.39, 0.29) is 0 Å². The third-order valence-corrected chi connectivity index (χ3v) is 3.85. The van der Waals surface area contributed by atoms with Crippen molar-refractivity contribution in [3.63, 3.8) is 0 Å². The Kier molecular flexibility index (Phi) is 5.80. The lowest BCUT2D eigenvalue weighted by Crippen LogP contribution is -2.36. The second-order valence-corrected chi connectivity index (χ2v) is 5.70. The zero-order chi connectivity index (χ0) is 13.5. The van der Waals surface area contributed by atoms with Gasteiger partial charge in [-0.05, 0) is 63.9 Å². The van der Waals surface area contributed by atoms with Gasteiger partial charge in [0.15, 0.2) is 0 Å². The molecule has 3 nitrogen and oxygen atoms in total. The normalized spacial score (nSPS) is 17.0. The minimum atomic E-state index is 0.859. The van der Waals surface area contributed by atoms with Crippen LogP contribution in [0, 0.1) is 12.8 Å². The van der Waals surface area contributed by atoms with Gasteiger partial charge in [-0.15, -0.1) is 0 Å². The minimum Gasteiger partial charge on any atom is -0.317 e. The molecule has 0 unspecified atom stereocenters. The van der Waals surface area contributed by atoms with E-state index in [0.717, 1.165) is 18.2 Å². The predicted octanol–water partition coefficient (Wildman–Crippen LogP) is 2.60. The van der Waals surface area contributed by atoms with Gasteiger partial charge in [0.05, 0.1) is 5.69 Å². The van der Waals surface area contributed by atoms with Crippen molar-refractivity contribution in [1.82, 2.24) is 15.2 Å². The Bertz CT molecular complexity index is 372. The predicted molar refractivity (Wildman–Crippen MR) is 80.1 cm³/mol. The van der Waals surface area contributed by atoms with E-state index in [2.05, 4.69) is 47.2 Å². The maximum atomic E-state index is 4.63. The Hall–Kier alpha value is -0.930. The Morgan fingerprint density at radius 3 is 2.79 bits per heavy atom. The Labute approximate surface area is 117 Å². The molecular weight excluding hydrogens is 234 g/mol. The molecule has 2 rings (SSSR count). The van der Waals surface area contributed by atoms with Crippen LogP contribution in [0.4, 0.5) is 0 Å². The van der Waals surface area contributed by atoms with Crippen LogP contribution >= 0.6 is 0 Å². The zero-order valence-corrected chi connectivity index (χ0v) is 12.4. The third kappa shape index (κ3) is 4.92. The first kappa shape index (κ1) is 14.5. The zero-order valence-electron chi connectivity index (χ0n) is 12.4. The van der Waals surface area contributed by atoms with Gasteiger partial charge in [0.25, 0.3) is 0 Å². The second-order valence-electron chi connectivity index (χ2n) is 5.70. The maximum Gasteiger partial charge on any atom is 0.0547 e. The molecule has 1 N–H and O–H groups in total. The number of hydrogen-bond acceptors (Lipinski definition) is 3. The van der Waals surface area contributed by atoms with Crippen molar-refractivity contribution in [3.8, 4) is 0 Å². The first-order valence-corrected chi connectivity index (χ1v) is 7.63. The lowest BCUT2D eigenvalue weighted by Gasteiger charge is -2.29. The molecule has 1 saturated heterocycles. The number of rotatable bonds is 6. The molecule has 106 valence electrons. The monoisotopic (exact) mass is 261 g/mol. The largest absolute Gasteiger partial charge is 0.317 e. The summed E-state index contributed by atoms with van der Waals surface area (Å²) in [5, 5.41) is 3.45. The van der Waals surface area contributed by atoms with E-state index in [1.165, 1.54) is 51.1 Å². The first-order chi connectivity index (χ1) is 9.28. The highest BCUT2D eigenvalue weighted by molar-refractivity contribution is 5.09. The van der Waals surface area contributed by atoms with Crippen molar-refractivity contribution in [3.05, 3.63) is 29.6 Å². The van der Waals surface area contributed by atoms with Crippen LogP contribution in [-0.4, -0.2) is 36.1 Å². The van der Waals surface area contributed by atoms with E-state index >= 15 is 0 Å². The van der Waals surface area contributed by atoms with E-state index < -0.39 is 0 Å². The molecule has 1 aliphatic rings. The molecule has 0 amide bonds. The lowest BCUT2D eigenvalue weighted by atomic mass is 9.97. The SMILES string of the molecule is CCCN(Cc1cccc(C)n1)CC1CCNCC1. The fraction of sp³-hybridized carbons (Fsp3) is 0.688. The molecule has 2 heterocycles. The van der Waals surface area contributed by atoms with Crippen molar-refractivity contribution in [2.75, 3.05) is 26.2 Å². The summed E-state index contributed by atoms with van der Waals surface area (Å²) >= 11 is 0. The van der Waals surface area contributed by atoms with Crippen molar-refractivity contribution in [2.45, 2.75) is 39.7 Å². The molecule has 0 atom stereocenters. The summed E-state index contributed by atoms with van der Waals surface area (Å²) in [6.45, 7) is 10.1. The van der Waals surface area contributed by atoms with Gasteiger partial charge in [-0.2, -0.15) is 0 Å². The van der Waals surface area contributed by atoms with Gasteiger partial charge in [0.1, 0.15) is 0 Å². The van der Waals surface area contributed by atoms with Gasteiger partial charge < -0.3 is 5.32 Å². The van der Waals surface area contributed by atoms with Gasteiger partial charge in [-0.1, -0.05) is 13.0 Å². The Balaban J connectivity index is 1.91. The summed E-state index contributed by atoms with van der Waals surface area (Å²) in [6, 6.07) is 6.34. The lowest BCUT2D eigenvalue weighted by molar-refractivity contribution is 0.197. The topological polar surface area (TPSA) is 28.2 Å². The summed E-state index contributed by atoms with van der Waals surface area (Å²) in [6.07, 6.45) is 3.86. The van der Waals surface area contributed by atoms with Gasteiger partial charge in [0, 0.05) is 18.8 Å². The molecule has 0 spiro atoms. The van der Waals surface area contributed by atoms with Crippen LogP contribution in [0.1, 0.15) is 37.6 Å². The quantitative estimate of drug-likeness (QED) is 0.853. The van der Waals surface area contributed by atoms with Crippen LogP contribution in [0.5, 0.6) is 0 Å². The molecule has 0 bridgehead atoms.